The summed E-state index contributed by atoms with van der Waals surface area (Å²) in [4.78, 5) is 28.5. The van der Waals surface area contributed by atoms with Crippen molar-refractivity contribution in [2.24, 2.45) is 11.3 Å². The SMILES string of the molecule is CCOC(=O)[C@@]12CC[C@@H](NCCc3c[nH]c4ccccc34)[C@@H](CC1)C2=O. The average molecular weight is 354 g/mol. The summed E-state index contributed by atoms with van der Waals surface area (Å²) < 4.78 is 5.20. The van der Waals surface area contributed by atoms with E-state index in [9.17, 15) is 9.59 Å². The lowest BCUT2D eigenvalue weighted by atomic mass is 9.72. The predicted octanol–water partition coefficient (Wildman–Crippen LogP) is 2.99. The zero-order valence-electron chi connectivity index (χ0n) is 15.2. The average Bonchev–Trinajstić information content (AvgIpc) is 3.14. The molecule has 0 amide bonds. The summed E-state index contributed by atoms with van der Waals surface area (Å²) in [7, 11) is 0. The highest BCUT2D eigenvalue weighted by molar-refractivity contribution is 6.07. The van der Waals surface area contributed by atoms with Crippen molar-refractivity contribution in [3.63, 3.8) is 0 Å². The van der Waals surface area contributed by atoms with Crippen LogP contribution in [0.5, 0.6) is 0 Å². The molecule has 0 spiro atoms. The molecule has 2 fully saturated rings. The van der Waals surface area contributed by atoms with Crippen molar-refractivity contribution in [2.45, 2.75) is 45.1 Å². The minimum atomic E-state index is -0.851. The zero-order valence-corrected chi connectivity index (χ0v) is 15.2. The van der Waals surface area contributed by atoms with Crippen LogP contribution < -0.4 is 5.32 Å². The third-order valence-electron chi connectivity index (χ3n) is 6.20. The number of para-hydroxylation sites is 1. The molecule has 3 atom stereocenters. The minimum Gasteiger partial charge on any atom is -0.465 e. The first-order chi connectivity index (χ1) is 12.7. The van der Waals surface area contributed by atoms with Crippen LogP contribution in [0, 0.1) is 11.3 Å². The van der Waals surface area contributed by atoms with Gasteiger partial charge in [0, 0.05) is 29.1 Å². The van der Waals surface area contributed by atoms with Gasteiger partial charge in [-0.25, -0.2) is 0 Å². The Morgan fingerprint density at radius 1 is 1.31 bits per heavy atom. The number of esters is 1. The van der Waals surface area contributed by atoms with Crippen LogP contribution in [-0.4, -0.2) is 35.9 Å². The highest BCUT2D eigenvalue weighted by Crippen LogP contribution is 2.49. The second kappa shape index (κ2) is 6.88. The van der Waals surface area contributed by atoms with E-state index in [1.807, 2.05) is 6.07 Å². The van der Waals surface area contributed by atoms with Crippen molar-refractivity contribution >= 4 is 22.7 Å². The van der Waals surface area contributed by atoms with Gasteiger partial charge in [-0.3, -0.25) is 9.59 Å². The Hall–Kier alpha value is -2.14. The number of rotatable bonds is 6. The van der Waals surface area contributed by atoms with E-state index in [-0.39, 0.29) is 23.7 Å². The number of hydrogen-bond donors (Lipinski definition) is 2. The molecule has 1 aromatic carbocycles. The summed E-state index contributed by atoms with van der Waals surface area (Å²) in [6.07, 6.45) is 5.91. The number of nitrogens with one attached hydrogen (secondary N) is 2. The highest BCUT2D eigenvalue weighted by atomic mass is 16.5. The summed E-state index contributed by atoms with van der Waals surface area (Å²) in [5.74, 6) is -0.243. The van der Waals surface area contributed by atoms with Gasteiger partial charge < -0.3 is 15.0 Å². The fraction of sp³-hybridized carbons (Fsp3) is 0.524. The van der Waals surface area contributed by atoms with Gasteiger partial charge in [0.15, 0.2) is 5.78 Å². The summed E-state index contributed by atoms with van der Waals surface area (Å²) in [6, 6.07) is 8.48. The van der Waals surface area contributed by atoms with Crippen LogP contribution >= 0.6 is 0 Å². The first-order valence-corrected chi connectivity index (χ1v) is 9.65. The Labute approximate surface area is 153 Å². The third kappa shape index (κ3) is 2.75. The van der Waals surface area contributed by atoms with Crippen LogP contribution in [0.4, 0.5) is 0 Å². The Morgan fingerprint density at radius 2 is 2.12 bits per heavy atom. The monoisotopic (exact) mass is 354 g/mol. The van der Waals surface area contributed by atoms with Gasteiger partial charge in [0.25, 0.3) is 0 Å². The van der Waals surface area contributed by atoms with Gasteiger partial charge in [-0.15, -0.1) is 0 Å². The fourth-order valence-corrected chi connectivity index (χ4v) is 4.80. The Kier molecular flexibility index (Phi) is 4.57. The standard InChI is InChI=1S/C21H26N2O3/c1-2-26-20(25)21-10-7-16(19(21)24)18(8-11-21)22-12-9-14-13-23-17-6-4-3-5-15(14)17/h3-6,13,16,18,22-23H,2,7-12H2,1H3/t16-,18-,21-/m1/s1. The smallest absolute Gasteiger partial charge is 0.319 e. The normalized spacial score (nSPS) is 27.8. The second-order valence-corrected chi connectivity index (χ2v) is 7.52. The van der Waals surface area contributed by atoms with Crippen molar-refractivity contribution in [1.29, 1.82) is 0 Å². The van der Waals surface area contributed by atoms with Gasteiger partial charge in [-0.05, 0) is 57.2 Å². The van der Waals surface area contributed by atoms with Crippen LogP contribution in [0.2, 0.25) is 0 Å². The number of Topliss-reactive ketones (excluding diaryl/α,β-unsaturated/α-hetero) is 1. The Bertz CT molecular complexity index is 828. The number of hydrogen-bond acceptors (Lipinski definition) is 4. The molecule has 138 valence electrons. The molecule has 1 heterocycles. The van der Waals surface area contributed by atoms with Crippen LogP contribution in [0.1, 0.15) is 38.2 Å². The number of carbonyl (C=O) groups is 2. The number of fused-ring (bicyclic) bond motifs is 3. The maximum Gasteiger partial charge on any atom is 0.319 e. The molecule has 5 heteroatoms. The number of carbonyl (C=O) groups excluding carboxylic acids is 2. The number of ketones is 1. The fourth-order valence-electron chi connectivity index (χ4n) is 4.80. The molecule has 2 aromatic rings. The molecule has 2 N–H and O–H groups in total. The molecule has 1 aromatic heterocycles. The number of benzene rings is 1. The van der Waals surface area contributed by atoms with Crippen molar-refractivity contribution in [2.75, 3.05) is 13.2 Å². The number of aromatic amines is 1. The van der Waals surface area contributed by atoms with Crippen LogP contribution in [0.3, 0.4) is 0 Å². The molecule has 0 unspecified atom stereocenters. The van der Waals surface area contributed by atoms with Crippen molar-refractivity contribution in [1.82, 2.24) is 10.3 Å². The van der Waals surface area contributed by atoms with E-state index < -0.39 is 5.41 Å². The lowest BCUT2D eigenvalue weighted by Crippen LogP contribution is -2.50. The third-order valence-corrected chi connectivity index (χ3v) is 6.20. The van der Waals surface area contributed by atoms with Gasteiger partial charge in [-0.2, -0.15) is 0 Å². The first kappa shape index (κ1) is 17.3. The largest absolute Gasteiger partial charge is 0.465 e. The van der Waals surface area contributed by atoms with E-state index in [1.54, 1.807) is 6.92 Å². The molecule has 2 saturated carbocycles. The van der Waals surface area contributed by atoms with E-state index >= 15 is 0 Å². The molecule has 0 radical (unpaired) electrons. The molecule has 2 aliphatic carbocycles. The van der Waals surface area contributed by atoms with E-state index in [0.29, 0.717) is 19.4 Å². The van der Waals surface area contributed by atoms with Crippen LogP contribution in [0.25, 0.3) is 10.9 Å². The maximum absolute atomic E-state index is 12.9. The van der Waals surface area contributed by atoms with Crippen LogP contribution in [-0.2, 0) is 20.7 Å². The molecule has 2 bridgehead atoms. The molecule has 5 nitrogen and oxygen atoms in total. The van der Waals surface area contributed by atoms with E-state index in [1.165, 1.54) is 10.9 Å². The molecule has 4 rings (SSSR count). The summed E-state index contributed by atoms with van der Waals surface area (Å²) in [6.45, 7) is 2.97. The van der Waals surface area contributed by atoms with Gasteiger partial charge in [0.05, 0.1) is 6.61 Å². The van der Waals surface area contributed by atoms with Crippen LogP contribution in [0.15, 0.2) is 30.5 Å². The van der Waals surface area contributed by atoms with Gasteiger partial charge in [0.2, 0.25) is 0 Å². The zero-order chi connectivity index (χ0) is 18.1. The highest BCUT2D eigenvalue weighted by Gasteiger charge is 2.58. The van der Waals surface area contributed by atoms with Gasteiger partial charge >= 0.3 is 5.97 Å². The lowest BCUT2D eigenvalue weighted by Gasteiger charge is -2.34. The Balaban J connectivity index is 1.37. The summed E-state index contributed by atoms with van der Waals surface area (Å²) in [5.41, 5.74) is 1.60. The first-order valence-electron chi connectivity index (χ1n) is 9.65. The predicted molar refractivity (Wildman–Crippen MR) is 99.8 cm³/mol. The molecular formula is C21H26N2O3. The van der Waals surface area contributed by atoms with Gasteiger partial charge in [-0.1, -0.05) is 18.2 Å². The van der Waals surface area contributed by atoms with E-state index in [0.717, 1.165) is 31.3 Å². The van der Waals surface area contributed by atoms with E-state index in [4.69, 9.17) is 4.74 Å². The summed E-state index contributed by atoms with van der Waals surface area (Å²) in [5, 5.41) is 4.84. The molecule has 26 heavy (non-hydrogen) atoms. The minimum absolute atomic E-state index is 0.0453. The molecule has 0 saturated heterocycles. The molecular weight excluding hydrogens is 328 g/mol. The van der Waals surface area contributed by atoms with Crippen molar-refractivity contribution < 1.29 is 14.3 Å². The van der Waals surface area contributed by atoms with Crippen molar-refractivity contribution in [3.05, 3.63) is 36.0 Å². The quantitative estimate of drug-likeness (QED) is 0.618. The number of ether oxygens (including phenoxy) is 1. The summed E-state index contributed by atoms with van der Waals surface area (Å²) >= 11 is 0. The van der Waals surface area contributed by atoms with Gasteiger partial charge in [0.1, 0.15) is 5.41 Å². The topological polar surface area (TPSA) is 71.2 Å². The van der Waals surface area contributed by atoms with Crippen molar-refractivity contribution in [3.8, 4) is 0 Å². The second-order valence-electron chi connectivity index (χ2n) is 7.52. The lowest BCUT2D eigenvalue weighted by molar-refractivity contribution is -0.161. The number of aromatic nitrogens is 1. The number of H-pyrrole nitrogens is 1. The van der Waals surface area contributed by atoms with E-state index in [2.05, 4.69) is 34.7 Å². The molecule has 2 aliphatic rings. The Morgan fingerprint density at radius 3 is 2.96 bits per heavy atom. The molecule has 0 aliphatic heterocycles. The maximum atomic E-state index is 12.9.